The molecule has 0 bridgehead atoms. The van der Waals surface area contributed by atoms with E-state index in [0.717, 1.165) is 5.56 Å². The zero-order valence-electron chi connectivity index (χ0n) is 20.3. The summed E-state index contributed by atoms with van der Waals surface area (Å²) >= 11 is 0. The second-order valence-corrected chi connectivity index (χ2v) is 9.12. The molecule has 1 saturated heterocycles. The van der Waals surface area contributed by atoms with E-state index in [-0.39, 0.29) is 43.1 Å². The number of nitrogens with one attached hydrogen (secondary N) is 3. The van der Waals surface area contributed by atoms with Gasteiger partial charge >= 0.3 is 0 Å². The molecule has 1 heterocycles. The average molecular weight is 487 g/mol. The number of rotatable bonds is 9. The van der Waals surface area contributed by atoms with Gasteiger partial charge in [-0.3, -0.25) is 24.6 Å². The molecule has 10 heteroatoms. The third-order valence-corrected chi connectivity index (χ3v) is 5.97. The Morgan fingerprint density at radius 1 is 1.06 bits per heavy atom. The molecule has 0 saturated carbocycles. The number of amidine groups is 1. The normalized spacial score (nSPS) is 20.5. The fourth-order valence-electron chi connectivity index (χ4n) is 4.26. The van der Waals surface area contributed by atoms with E-state index >= 15 is 0 Å². The maximum atomic E-state index is 13.6. The lowest BCUT2D eigenvalue weighted by molar-refractivity contribution is -0.141. The Bertz CT molecular complexity index is 876. The molecule has 0 radical (unpaired) electrons. The molecule has 7 N–H and O–H groups in total. The smallest absolute Gasteiger partial charge is 0.237 e. The highest BCUT2D eigenvalue weighted by Crippen LogP contribution is 2.19. The molecule has 4 amide bonds. The molecule has 35 heavy (non-hydrogen) atoms. The number of carbonyl (C=O) groups is 4. The maximum Gasteiger partial charge on any atom is 0.237 e. The number of carbonyl (C=O) groups excluding carboxylic acids is 4. The highest BCUT2D eigenvalue weighted by atomic mass is 16.2. The predicted octanol–water partition coefficient (Wildman–Crippen LogP) is 0.831. The minimum absolute atomic E-state index is 0.00385. The summed E-state index contributed by atoms with van der Waals surface area (Å²) in [5.41, 5.74) is 11.9. The van der Waals surface area contributed by atoms with Crippen molar-refractivity contribution in [3.63, 3.8) is 0 Å². The standard InChI is InChI=1S/C25H38N6O4/c26-21(27)11-5-4-10-19-15-24(34)29-13-7-6-12-23(33)30-20(14-18-8-2-1-3-9-18)16-31(25(19)35)17-22(28)32/h1-3,8-9,19-20H,4-7,10-17H2,(H3,26,27)(H2,28,32)(H,29,34)(H,30,33). The number of hydrogen-bond acceptors (Lipinski definition) is 5. The SMILES string of the molecule is N=C(N)CCCCC1CC(=O)NCCCCC(=O)NC(Cc2ccccc2)CN(CC(N)=O)C1=O. The molecule has 2 rings (SSSR count). The molecule has 1 aliphatic heterocycles. The topological polar surface area (TPSA) is 171 Å². The predicted molar refractivity (Wildman–Crippen MR) is 133 cm³/mol. The van der Waals surface area contributed by atoms with Gasteiger partial charge in [-0.25, -0.2) is 0 Å². The van der Waals surface area contributed by atoms with Crippen LogP contribution in [0.5, 0.6) is 0 Å². The van der Waals surface area contributed by atoms with Crippen LogP contribution < -0.4 is 22.1 Å². The summed E-state index contributed by atoms with van der Waals surface area (Å²) in [5, 5.41) is 13.2. The van der Waals surface area contributed by atoms with Crippen molar-refractivity contribution in [2.24, 2.45) is 17.4 Å². The van der Waals surface area contributed by atoms with Crippen molar-refractivity contribution in [3.8, 4) is 0 Å². The minimum Gasteiger partial charge on any atom is -0.388 e. The zero-order valence-corrected chi connectivity index (χ0v) is 20.3. The van der Waals surface area contributed by atoms with Crippen LogP contribution in [0.15, 0.2) is 30.3 Å². The lowest BCUT2D eigenvalue weighted by Gasteiger charge is -2.31. The van der Waals surface area contributed by atoms with Gasteiger partial charge in [-0.2, -0.15) is 0 Å². The number of unbranched alkanes of at least 4 members (excludes halogenated alkanes) is 1. The monoisotopic (exact) mass is 486 g/mol. The molecule has 1 aliphatic rings. The van der Waals surface area contributed by atoms with Crippen molar-refractivity contribution in [3.05, 3.63) is 35.9 Å². The first-order valence-corrected chi connectivity index (χ1v) is 12.2. The first-order chi connectivity index (χ1) is 16.7. The Hall–Kier alpha value is -3.43. The Balaban J connectivity index is 2.27. The van der Waals surface area contributed by atoms with Crippen LogP contribution in [0.4, 0.5) is 0 Å². The average Bonchev–Trinajstić information content (AvgIpc) is 2.79. The van der Waals surface area contributed by atoms with E-state index < -0.39 is 17.9 Å². The molecule has 1 aromatic carbocycles. The molecule has 1 fully saturated rings. The molecule has 0 aromatic heterocycles. The van der Waals surface area contributed by atoms with Gasteiger partial charge in [0.25, 0.3) is 0 Å². The minimum atomic E-state index is -0.663. The second-order valence-electron chi connectivity index (χ2n) is 9.12. The van der Waals surface area contributed by atoms with E-state index in [2.05, 4.69) is 10.6 Å². The van der Waals surface area contributed by atoms with E-state index in [4.69, 9.17) is 16.9 Å². The molecular formula is C25H38N6O4. The van der Waals surface area contributed by atoms with Gasteiger partial charge in [0.1, 0.15) is 0 Å². The molecule has 192 valence electrons. The van der Waals surface area contributed by atoms with Crippen LogP contribution in [0, 0.1) is 11.3 Å². The van der Waals surface area contributed by atoms with Gasteiger partial charge in [-0.1, -0.05) is 36.8 Å². The summed E-state index contributed by atoms with van der Waals surface area (Å²) in [4.78, 5) is 51.9. The number of primary amides is 1. The molecule has 1 aromatic rings. The van der Waals surface area contributed by atoms with E-state index in [1.54, 1.807) is 0 Å². The third-order valence-electron chi connectivity index (χ3n) is 5.97. The summed E-state index contributed by atoms with van der Waals surface area (Å²) in [5.74, 6) is -1.94. The van der Waals surface area contributed by atoms with E-state index in [0.29, 0.717) is 57.9 Å². The van der Waals surface area contributed by atoms with Crippen LogP contribution in [0.2, 0.25) is 0 Å². The van der Waals surface area contributed by atoms with Crippen molar-refractivity contribution in [1.82, 2.24) is 15.5 Å². The van der Waals surface area contributed by atoms with Gasteiger partial charge in [0.2, 0.25) is 23.6 Å². The second kappa shape index (κ2) is 14.7. The largest absolute Gasteiger partial charge is 0.388 e. The molecule has 2 atom stereocenters. The Kier molecular flexibility index (Phi) is 11.7. The van der Waals surface area contributed by atoms with Gasteiger partial charge in [0.15, 0.2) is 0 Å². The van der Waals surface area contributed by atoms with Crippen LogP contribution >= 0.6 is 0 Å². The first-order valence-electron chi connectivity index (χ1n) is 12.2. The van der Waals surface area contributed by atoms with Crippen LogP contribution in [0.1, 0.15) is 56.9 Å². The first kappa shape index (κ1) is 27.8. The molecule has 0 spiro atoms. The highest BCUT2D eigenvalue weighted by molar-refractivity contribution is 5.88. The van der Waals surface area contributed by atoms with Gasteiger partial charge in [-0.15, -0.1) is 0 Å². The number of nitrogens with zero attached hydrogens (tertiary/aromatic N) is 1. The Morgan fingerprint density at radius 3 is 2.49 bits per heavy atom. The summed E-state index contributed by atoms with van der Waals surface area (Å²) < 4.78 is 0. The van der Waals surface area contributed by atoms with Crippen molar-refractivity contribution >= 4 is 29.5 Å². The highest BCUT2D eigenvalue weighted by Gasteiger charge is 2.30. The maximum absolute atomic E-state index is 13.6. The lowest BCUT2D eigenvalue weighted by atomic mass is 9.94. The van der Waals surface area contributed by atoms with Gasteiger partial charge in [0.05, 0.1) is 18.4 Å². The Labute approximate surface area is 206 Å². The number of benzene rings is 1. The number of hydrogen-bond donors (Lipinski definition) is 5. The number of amides is 4. The van der Waals surface area contributed by atoms with Crippen LogP contribution in [0.25, 0.3) is 0 Å². The van der Waals surface area contributed by atoms with Crippen molar-refractivity contribution in [2.75, 3.05) is 19.6 Å². The van der Waals surface area contributed by atoms with Crippen LogP contribution in [-0.2, 0) is 25.6 Å². The molecule has 10 nitrogen and oxygen atoms in total. The molecule has 2 unspecified atom stereocenters. The fourth-order valence-corrected chi connectivity index (χ4v) is 4.26. The van der Waals surface area contributed by atoms with E-state index in [1.165, 1.54) is 4.90 Å². The van der Waals surface area contributed by atoms with Crippen molar-refractivity contribution in [2.45, 2.75) is 63.8 Å². The van der Waals surface area contributed by atoms with Crippen LogP contribution in [0.3, 0.4) is 0 Å². The summed E-state index contributed by atoms with van der Waals surface area (Å²) in [6.07, 6.45) is 4.16. The third kappa shape index (κ3) is 11.0. The quantitative estimate of drug-likeness (QED) is 0.197. The summed E-state index contributed by atoms with van der Waals surface area (Å²) in [6.45, 7) is 0.231. The Morgan fingerprint density at radius 2 is 1.80 bits per heavy atom. The molecule has 0 aliphatic carbocycles. The number of nitrogens with two attached hydrogens (primary N) is 2. The van der Waals surface area contributed by atoms with Gasteiger partial charge in [-0.05, 0) is 37.7 Å². The summed E-state index contributed by atoms with van der Waals surface area (Å²) in [7, 11) is 0. The van der Waals surface area contributed by atoms with Gasteiger partial charge in [0, 0.05) is 38.3 Å². The van der Waals surface area contributed by atoms with Crippen LogP contribution in [-0.4, -0.2) is 60.0 Å². The molecular weight excluding hydrogens is 448 g/mol. The lowest BCUT2D eigenvalue weighted by Crippen LogP contribution is -2.51. The van der Waals surface area contributed by atoms with E-state index in [1.807, 2.05) is 30.3 Å². The van der Waals surface area contributed by atoms with Crippen molar-refractivity contribution in [1.29, 1.82) is 5.41 Å². The fraction of sp³-hybridized carbons (Fsp3) is 0.560. The van der Waals surface area contributed by atoms with Crippen molar-refractivity contribution < 1.29 is 19.2 Å². The van der Waals surface area contributed by atoms with E-state index in [9.17, 15) is 19.2 Å². The van der Waals surface area contributed by atoms with Gasteiger partial charge < -0.3 is 27.0 Å². The summed E-state index contributed by atoms with van der Waals surface area (Å²) in [6, 6.07) is 9.19. The zero-order chi connectivity index (χ0) is 25.6.